The largest absolute Gasteiger partial charge is 0.374 e. The molecule has 118 valence electrons. The Bertz CT molecular complexity index is 269. The standard InChI is InChI=1S/C6H3Cl2F9.ClH3Si/c7-6(8,17)5(15,16)4(13,14)2(10)1(9)3(11)12;1-2/h1-3H;2H3. The van der Waals surface area contributed by atoms with Gasteiger partial charge in [0.25, 0.3) is 6.43 Å². The zero-order valence-corrected chi connectivity index (χ0v) is 13.0. The van der Waals surface area contributed by atoms with E-state index in [1.54, 1.807) is 0 Å². The van der Waals surface area contributed by atoms with Crippen LogP contribution in [0, 0.1) is 0 Å². The molecule has 0 bridgehead atoms. The van der Waals surface area contributed by atoms with E-state index in [1.165, 1.54) is 0 Å². The summed E-state index contributed by atoms with van der Waals surface area (Å²) >= 11 is 12.8. The van der Waals surface area contributed by atoms with E-state index in [4.69, 9.17) is 11.1 Å². The maximum Gasteiger partial charge on any atom is 0.374 e. The molecule has 0 saturated heterocycles. The Kier molecular flexibility index (Phi) is 8.54. The Balaban J connectivity index is 0. The van der Waals surface area contributed by atoms with Crippen molar-refractivity contribution in [2.45, 2.75) is 35.2 Å². The van der Waals surface area contributed by atoms with Crippen molar-refractivity contribution in [3.63, 3.8) is 0 Å². The summed E-state index contributed by atoms with van der Waals surface area (Å²) in [6.45, 7) is 0. The van der Waals surface area contributed by atoms with Gasteiger partial charge in [0.15, 0.2) is 6.17 Å². The zero-order valence-electron chi connectivity index (χ0n) is 8.77. The highest BCUT2D eigenvalue weighted by molar-refractivity contribution is 6.80. The Labute approximate surface area is 119 Å². The van der Waals surface area contributed by atoms with Crippen molar-refractivity contribution in [1.82, 2.24) is 0 Å². The van der Waals surface area contributed by atoms with Crippen LogP contribution in [0.25, 0.3) is 0 Å². The summed E-state index contributed by atoms with van der Waals surface area (Å²) in [5, 5.41) is 0. The van der Waals surface area contributed by atoms with Crippen LogP contribution in [-0.4, -0.2) is 44.8 Å². The first-order valence-electron chi connectivity index (χ1n) is 4.03. The third kappa shape index (κ3) is 4.75. The van der Waals surface area contributed by atoms with Gasteiger partial charge in [0.05, 0.1) is 0 Å². The highest BCUT2D eigenvalue weighted by Crippen LogP contribution is 2.52. The van der Waals surface area contributed by atoms with Gasteiger partial charge in [-0.25, -0.2) is 22.0 Å². The van der Waals surface area contributed by atoms with Crippen LogP contribution in [0.15, 0.2) is 0 Å². The summed E-state index contributed by atoms with van der Waals surface area (Å²) in [6.07, 6.45) is -13.2. The van der Waals surface area contributed by atoms with E-state index in [1.807, 2.05) is 0 Å². The van der Waals surface area contributed by atoms with Crippen LogP contribution in [0.5, 0.6) is 0 Å². The van der Waals surface area contributed by atoms with Crippen LogP contribution in [0.3, 0.4) is 0 Å². The molecule has 0 aromatic rings. The molecular formula is C6H6Cl3F9Si. The molecule has 13 heteroatoms. The van der Waals surface area contributed by atoms with Gasteiger partial charge in [0, 0.05) is 0 Å². The molecule has 2 unspecified atom stereocenters. The van der Waals surface area contributed by atoms with Crippen LogP contribution in [-0.2, 0) is 0 Å². The van der Waals surface area contributed by atoms with Gasteiger partial charge in [-0.15, -0.1) is 0 Å². The van der Waals surface area contributed by atoms with Crippen molar-refractivity contribution >= 4 is 43.8 Å². The second-order valence-electron chi connectivity index (χ2n) is 2.88. The Morgan fingerprint density at radius 3 is 1.32 bits per heavy atom. The first kappa shape index (κ1) is 21.7. The lowest BCUT2D eigenvalue weighted by Crippen LogP contribution is -2.58. The molecule has 0 radical (unpaired) electrons. The predicted molar refractivity (Wildman–Crippen MR) is 57.0 cm³/mol. The molecule has 0 N–H and O–H groups in total. The van der Waals surface area contributed by atoms with E-state index < -0.39 is 35.2 Å². The van der Waals surface area contributed by atoms with Crippen LogP contribution < -0.4 is 0 Å². The summed E-state index contributed by atoms with van der Waals surface area (Å²) in [5.74, 6) is -12.2. The van der Waals surface area contributed by atoms with Crippen LogP contribution >= 0.6 is 34.3 Å². The van der Waals surface area contributed by atoms with Crippen molar-refractivity contribution < 1.29 is 39.5 Å². The molecule has 0 aromatic heterocycles. The summed E-state index contributed by atoms with van der Waals surface area (Å²) in [6, 6.07) is 0. The number of halogens is 12. The molecule has 0 saturated carbocycles. The molecule has 0 nitrogen and oxygen atoms in total. The van der Waals surface area contributed by atoms with E-state index in [0.29, 0.717) is 0 Å². The van der Waals surface area contributed by atoms with Crippen LogP contribution in [0.2, 0.25) is 0 Å². The quantitative estimate of drug-likeness (QED) is 0.293. The highest BCUT2D eigenvalue weighted by atomic mass is 35.6. The zero-order chi connectivity index (χ0) is 16.2. The lowest BCUT2D eigenvalue weighted by atomic mass is 10.0. The van der Waals surface area contributed by atoms with Gasteiger partial charge in [-0.05, 0) is 0 Å². The lowest BCUT2D eigenvalue weighted by Gasteiger charge is -2.33. The molecule has 2 atom stereocenters. The Morgan fingerprint density at radius 2 is 1.11 bits per heavy atom. The van der Waals surface area contributed by atoms with Crippen molar-refractivity contribution in [3.8, 4) is 0 Å². The van der Waals surface area contributed by atoms with E-state index in [2.05, 4.69) is 23.2 Å². The first-order chi connectivity index (χ1) is 8.26. The molecule has 0 aromatic carbocycles. The molecule has 19 heavy (non-hydrogen) atoms. The molecule has 0 amide bonds. The summed E-state index contributed by atoms with van der Waals surface area (Å²) in [7, 11) is 0.778. The molecule has 0 spiro atoms. The Morgan fingerprint density at radius 1 is 0.789 bits per heavy atom. The highest BCUT2D eigenvalue weighted by Gasteiger charge is 2.74. The summed E-state index contributed by atoms with van der Waals surface area (Å²) in [4.78, 5) is 0. The minimum Gasteiger partial charge on any atom is -0.238 e. The molecule has 0 rings (SSSR count). The van der Waals surface area contributed by atoms with Gasteiger partial charge in [-0.3, -0.25) is 0 Å². The third-order valence-electron chi connectivity index (χ3n) is 1.64. The number of rotatable bonds is 5. The SMILES string of the molecule is FC(F)C(F)C(F)C(F)(F)C(F)(F)C(F)(Cl)Cl.[SiH3]Cl. The normalized spacial score (nSPS) is 16.9. The molecule has 0 fully saturated rings. The van der Waals surface area contributed by atoms with Gasteiger partial charge in [-0.2, -0.15) is 28.6 Å². The third-order valence-corrected chi connectivity index (χ3v) is 2.12. The van der Waals surface area contributed by atoms with Crippen molar-refractivity contribution in [2.75, 3.05) is 0 Å². The maximum absolute atomic E-state index is 12.6. The average molecular weight is 384 g/mol. The number of alkyl halides is 11. The smallest absolute Gasteiger partial charge is 0.238 e. The first-order valence-corrected chi connectivity index (χ1v) is 7.81. The summed E-state index contributed by atoms with van der Waals surface area (Å²) < 4.78 is 105. The second-order valence-corrected chi connectivity index (χ2v) is 4.11. The number of hydrogen-bond acceptors (Lipinski definition) is 0. The van der Waals surface area contributed by atoms with E-state index in [0.717, 1.165) is 9.55 Å². The predicted octanol–water partition coefficient (Wildman–Crippen LogP) is 3.80. The van der Waals surface area contributed by atoms with Gasteiger partial charge >= 0.3 is 16.4 Å². The monoisotopic (exact) mass is 382 g/mol. The van der Waals surface area contributed by atoms with E-state index in [9.17, 15) is 39.5 Å². The average Bonchev–Trinajstić information content (AvgIpc) is 2.27. The summed E-state index contributed by atoms with van der Waals surface area (Å²) in [5.41, 5.74) is 0. The maximum atomic E-state index is 12.6. The van der Waals surface area contributed by atoms with Gasteiger partial charge < -0.3 is 0 Å². The van der Waals surface area contributed by atoms with Gasteiger partial charge in [-0.1, -0.05) is 23.2 Å². The molecule has 0 heterocycles. The van der Waals surface area contributed by atoms with Gasteiger partial charge in [0.1, 0.15) is 9.55 Å². The fourth-order valence-corrected chi connectivity index (χ4v) is 0.942. The van der Waals surface area contributed by atoms with Gasteiger partial charge in [0.2, 0.25) is 6.17 Å². The fraction of sp³-hybridized carbons (Fsp3) is 1.00. The number of hydrogen-bond donors (Lipinski definition) is 0. The molecule has 0 aliphatic carbocycles. The van der Waals surface area contributed by atoms with Crippen molar-refractivity contribution in [1.29, 1.82) is 0 Å². The minimum absolute atomic E-state index is 0.778. The topological polar surface area (TPSA) is 0 Å². The van der Waals surface area contributed by atoms with E-state index >= 15 is 0 Å². The van der Waals surface area contributed by atoms with Crippen LogP contribution in [0.4, 0.5) is 39.5 Å². The van der Waals surface area contributed by atoms with Crippen molar-refractivity contribution in [3.05, 3.63) is 0 Å². The lowest BCUT2D eigenvalue weighted by molar-refractivity contribution is -0.272. The molecule has 0 aliphatic rings. The second kappa shape index (κ2) is 7.46. The van der Waals surface area contributed by atoms with Crippen molar-refractivity contribution in [2.24, 2.45) is 0 Å². The fourth-order valence-electron chi connectivity index (χ4n) is 0.690. The molecule has 0 aliphatic heterocycles. The molecular weight excluding hydrogens is 377 g/mol. The Hall–Kier alpha value is 0.457. The van der Waals surface area contributed by atoms with Crippen LogP contribution in [0.1, 0.15) is 0 Å². The van der Waals surface area contributed by atoms with E-state index in [-0.39, 0.29) is 0 Å². The minimum atomic E-state index is -6.15.